The van der Waals surface area contributed by atoms with Gasteiger partial charge in [0.1, 0.15) is 0 Å². The average molecular weight is 497 g/mol. The highest BCUT2D eigenvalue weighted by Gasteiger charge is 2.48. The van der Waals surface area contributed by atoms with E-state index in [4.69, 9.17) is 0 Å². The number of fused-ring (bicyclic) bond motifs is 3. The van der Waals surface area contributed by atoms with Crippen molar-refractivity contribution in [3.05, 3.63) is 63.9 Å². The first-order valence-electron chi connectivity index (χ1n) is 14.4. The van der Waals surface area contributed by atoms with Crippen LogP contribution < -0.4 is 15.5 Å². The van der Waals surface area contributed by atoms with Gasteiger partial charge in [0.15, 0.2) is 5.78 Å². The smallest absolute Gasteiger partial charge is 0.191 e. The Morgan fingerprint density at radius 1 is 1.11 bits per heavy atom. The van der Waals surface area contributed by atoms with Crippen molar-refractivity contribution < 1.29 is 4.79 Å². The van der Waals surface area contributed by atoms with Crippen LogP contribution in [0.25, 0.3) is 0 Å². The number of ketones is 1. The number of piperidine rings is 1. The second-order valence-corrected chi connectivity index (χ2v) is 12.2. The number of allylic oxidation sites excluding steroid dienone is 3. The summed E-state index contributed by atoms with van der Waals surface area (Å²) in [5, 5.41) is 17.0. The third-order valence-electron chi connectivity index (χ3n) is 9.57. The minimum absolute atomic E-state index is 0.00697. The van der Waals surface area contributed by atoms with Crippen LogP contribution in [-0.4, -0.2) is 37.0 Å². The summed E-state index contributed by atoms with van der Waals surface area (Å²) < 4.78 is 0. The lowest BCUT2D eigenvalue weighted by molar-refractivity contribution is 0.102. The van der Waals surface area contributed by atoms with Crippen molar-refractivity contribution in [2.24, 2.45) is 5.92 Å². The first-order chi connectivity index (χ1) is 17.9. The van der Waals surface area contributed by atoms with Crippen LogP contribution >= 0.6 is 0 Å². The highest BCUT2D eigenvalue weighted by Crippen LogP contribution is 2.48. The minimum Gasteiger partial charge on any atom is -0.380 e. The van der Waals surface area contributed by atoms with Crippen LogP contribution in [0.5, 0.6) is 0 Å². The molecule has 0 spiro atoms. The topological polar surface area (TPSA) is 68.2 Å². The lowest BCUT2D eigenvalue weighted by atomic mass is 9.69. The molecule has 2 heterocycles. The third-order valence-corrected chi connectivity index (χ3v) is 9.57. The van der Waals surface area contributed by atoms with E-state index in [1.165, 1.54) is 56.2 Å². The van der Waals surface area contributed by atoms with Gasteiger partial charge in [-0.25, -0.2) is 0 Å². The van der Waals surface area contributed by atoms with Crippen molar-refractivity contribution in [1.29, 1.82) is 5.26 Å². The molecule has 2 unspecified atom stereocenters. The quantitative estimate of drug-likeness (QED) is 0.578. The van der Waals surface area contributed by atoms with Crippen LogP contribution in [0.4, 0.5) is 5.69 Å². The van der Waals surface area contributed by atoms with E-state index in [0.29, 0.717) is 17.7 Å². The zero-order valence-corrected chi connectivity index (χ0v) is 22.6. The number of Topliss-reactive ketones (excluding diaryl/α,β-unsaturated/α-hetero) is 1. The molecular formula is C32H40N4O. The molecule has 1 saturated heterocycles. The normalized spacial score (nSPS) is 27.2. The second kappa shape index (κ2) is 9.48. The van der Waals surface area contributed by atoms with E-state index >= 15 is 0 Å². The molecule has 194 valence electrons. The second-order valence-electron chi connectivity index (χ2n) is 12.2. The van der Waals surface area contributed by atoms with Crippen molar-refractivity contribution in [2.45, 2.75) is 95.7 Å². The van der Waals surface area contributed by atoms with Gasteiger partial charge in [0.05, 0.1) is 12.1 Å². The number of nitrogens with one attached hydrogen (secondary N) is 2. The Bertz CT molecular complexity index is 1230. The molecule has 5 aliphatic rings. The molecule has 2 fully saturated rings. The Morgan fingerprint density at radius 3 is 2.54 bits per heavy atom. The number of nitrogens with zero attached hydrogens (tertiary/aromatic N) is 2. The van der Waals surface area contributed by atoms with E-state index in [2.05, 4.69) is 54.5 Å². The molecule has 1 saturated carbocycles. The maximum atomic E-state index is 13.9. The number of aryl methyl sites for hydroxylation is 1. The fourth-order valence-corrected chi connectivity index (χ4v) is 7.44. The van der Waals surface area contributed by atoms with Crippen molar-refractivity contribution in [2.75, 3.05) is 18.0 Å². The monoisotopic (exact) mass is 496 g/mol. The summed E-state index contributed by atoms with van der Waals surface area (Å²) in [4.78, 5) is 16.5. The number of benzene rings is 1. The maximum absolute atomic E-state index is 13.9. The molecule has 0 radical (unpaired) electrons. The highest BCUT2D eigenvalue weighted by molar-refractivity contribution is 6.13. The van der Waals surface area contributed by atoms with Gasteiger partial charge in [-0.15, -0.1) is 0 Å². The number of rotatable bonds is 4. The van der Waals surface area contributed by atoms with Gasteiger partial charge < -0.3 is 15.5 Å². The largest absolute Gasteiger partial charge is 0.380 e. The fraction of sp³-hybridized carbons (Fsp3) is 0.562. The van der Waals surface area contributed by atoms with E-state index in [0.717, 1.165) is 41.9 Å². The van der Waals surface area contributed by atoms with Gasteiger partial charge in [0.25, 0.3) is 0 Å². The lowest BCUT2D eigenvalue weighted by Gasteiger charge is -2.39. The molecule has 3 aliphatic carbocycles. The molecule has 2 N–H and O–H groups in total. The molecule has 5 heteroatoms. The van der Waals surface area contributed by atoms with Crippen LogP contribution in [-0.2, 0) is 11.8 Å². The zero-order chi connectivity index (χ0) is 25.7. The minimum atomic E-state index is -0.299. The van der Waals surface area contributed by atoms with Crippen LogP contribution in [0, 0.1) is 17.2 Å². The summed E-state index contributed by atoms with van der Waals surface area (Å²) >= 11 is 0. The van der Waals surface area contributed by atoms with Crippen LogP contribution in [0.1, 0.15) is 87.2 Å². The standard InChI is InChI=1S/C32H40N4O/c1-4-21-17-25-26(18-28(21)36-14-12-23(13-15-36)34-22-8-6-5-7-9-22)32(2,3)31-29(30(25)37)24-11-10-20(19-33)16-27(24)35-31/h10-11,16-18,22-24,27,34-35H,4-9,12-15H2,1-3H3. The predicted octanol–water partition coefficient (Wildman–Crippen LogP) is 5.48. The van der Waals surface area contributed by atoms with Crippen LogP contribution in [0.3, 0.4) is 0 Å². The molecule has 1 aromatic rings. The number of hydrogen-bond donors (Lipinski definition) is 2. The van der Waals surface area contributed by atoms with Gasteiger partial charge in [-0.2, -0.15) is 5.26 Å². The number of carbonyl (C=O) groups is 1. The number of hydrogen-bond acceptors (Lipinski definition) is 5. The van der Waals surface area contributed by atoms with E-state index in [9.17, 15) is 10.1 Å². The van der Waals surface area contributed by atoms with Crippen molar-refractivity contribution in [1.82, 2.24) is 10.6 Å². The molecule has 2 aliphatic heterocycles. The Balaban J connectivity index is 1.27. The average Bonchev–Trinajstić information content (AvgIpc) is 3.32. The highest BCUT2D eigenvalue weighted by atomic mass is 16.1. The van der Waals surface area contributed by atoms with Crippen molar-refractivity contribution in [3.63, 3.8) is 0 Å². The SMILES string of the molecule is CCc1cc2c(cc1N1CCC(NC3CCCCC3)CC1)C(C)(C)C1=C(C2=O)C2C=CC(C#N)=CC2N1. The van der Waals surface area contributed by atoms with Gasteiger partial charge >= 0.3 is 0 Å². The van der Waals surface area contributed by atoms with Crippen molar-refractivity contribution in [3.8, 4) is 6.07 Å². The van der Waals surface area contributed by atoms with Crippen LogP contribution in [0.2, 0.25) is 0 Å². The lowest BCUT2D eigenvalue weighted by Crippen LogP contribution is -2.47. The number of nitriles is 1. The first-order valence-corrected chi connectivity index (χ1v) is 14.4. The summed E-state index contributed by atoms with van der Waals surface area (Å²) in [5.74, 6) is 0.145. The van der Waals surface area contributed by atoms with Gasteiger partial charge in [-0.3, -0.25) is 4.79 Å². The van der Waals surface area contributed by atoms with Gasteiger partial charge in [0.2, 0.25) is 0 Å². The molecule has 5 nitrogen and oxygen atoms in total. The number of carbonyl (C=O) groups excluding carboxylic acids is 1. The number of anilines is 1. The molecule has 37 heavy (non-hydrogen) atoms. The predicted molar refractivity (Wildman–Crippen MR) is 149 cm³/mol. The fourth-order valence-electron chi connectivity index (χ4n) is 7.44. The Labute approximate surface area is 221 Å². The summed E-state index contributed by atoms with van der Waals surface area (Å²) in [5.41, 5.74) is 6.86. The van der Waals surface area contributed by atoms with E-state index in [-0.39, 0.29) is 23.2 Å². The molecule has 0 bridgehead atoms. The molecule has 6 rings (SSSR count). The third kappa shape index (κ3) is 4.14. The molecular weight excluding hydrogens is 456 g/mol. The van der Waals surface area contributed by atoms with Gasteiger partial charge in [-0.1, -0.05) is 46.1 Å². The van der Waals surface area contributed by atoms with Crippen LogP contribution in [0.15, 0.2) is 47.2 Å². The first kappa shape index (κ1) is 24.5. The van der Waals surface area contributed by atoms with E-state index in [1.54, 1.807) is 0 Å². The van der Waals surface area contributed by atoms with Crippen molar-refractivity contribution >= 4 is 11.5 Å². The molecule has 0 aromatic heterocycles. The summed E-state index contributed by atoms with van der Waals surface area (Å²) in [6.07, 6.45) is 16.0. The van der Waals surface area contributed by atoms with E-state index in [1.807, 2.05) is 18.2 Å². The summed E-state index contributed by atoms with van der Waals surface area (Å²) in [7, 11) is 0. The van der Waals surface area contributed by atoms with Gasteiger partial charge in [0, 0.05) is 64.6 Å². The summed E-state index contributed by atoms with van der Waals surface area (Å²) in [6, 6.07) is 8.09. The Morgan fingerprint density at radius 2 is 1.84 bits per heavy atom. The Kier molecular flexibility index (Phi) is 6.27. The Hall–Kier alpha value is -2.84. The molecule has 1 aromatic carbocycles. The summed E-state index contributed by atoms with van der Waals surface area (Å²) in [6.45, 7) is 8.82. The van der Waals surface area contributed by atoms with E-state index < -0.39 is 0 Å². The maximum Gasteiger partial charge on any atom is 0.191 e. The van der Waals surface area contributed by atoms with Gasteiger partial charge in [-0.05, 0) is 67.5 Å². The molecule has 0 amide bonds. The molecule has 2 atom stereocenters. The zero-order valence-electron chi connectivity index (χ0n) is 22.6.